The van der Waals surface area contributed by atoms with Gasteiger partial charge in [0.15, 0.2) is 0 Å². The first kappa shape index (κ1) is 15.2. The van der Waals surface area contributed by atoms with E-state index >= 15 is 0 Å². The Morgan fingerprint density at radius 3 is 2.27 bits per heavy atom. The predicted molar refractivity (Wildman–Crippen MR) is 96.0 cm³/mol. The average molecular weight is 311 g/mol. The van der Waals surface area contributed by atoms with Crippen molar-refractivity contribution in [1.29, 1.82) is 0 Å². The lowest BCUT2D eigenvalue weighted by atomic mass is 10.0. The zero-order valence-corrected chi connectivity index (χ0v) is 13.8. The minimum atomic E-state index is 0.393. The Balaban J connectivity index is 1.61. The highest BCUT2D eigenvalue weighted by molar-refractivity contribution is 8.00. The third kappa shape index (κ3) is 3.92. The van der Waals surface area contributed by atoms with E-state index in [1.807, 2.05) is 42.2 Å². The van der Waals surface area contributed by atoms with Crippen LogP contribution in [-0.2, 0) is 0 Å². The Labute approximate surface area is 136 Å². The molecule has 1 saturated heterocycles. The van der Waals surface area contributed by atoms with Gasteiger partial charge in [-0.05, 0) is 53.4 Å². The van der Waals surface area contributed by atoms with Crippen molar-refractivity contribution in [2.45, 2.75) is 25.9 Å². The maximum Gasteiger partial charge on any atom is 0.119 e. The van der Waals surface area contributed by atoms with Crippen molar-refractivity contribution < 1.29 is 4.74 Å². The van der Waals surface area contributed by atoms with Gasteiger partial charge < -0.3 is 4.74 Å². The minimum absolute atomic E-state index is 0.393. The van der Waals surface area contributed by atoms with Gasteiger partial charge in [-0.2, -0.15) is 11.8 Å². The van der Waals surface area contributed by atoms with Gasteiger partial charge in [-0.25, -0.2) is 0 Å². The van der Waals surface area contributed by atoms with Crippen molar-refractivity contribution in [3.63, 3.8) is 0 Å². The molecule has 0 radical (unpaired) electrons. The van der Waals surface area contributed by atoms with Crippen molar-refractivity contribution in [1.82, 2.24) is 0 Å². The lowest BCUT2D eigenvalue weighted by molar-refractivity contribution is 0.240. The molecule has 2 nitrogen and oxygen atoms in total. The summed E-state index contributed by atoms with van der Waals surface area (Å²) in [4.78, 5) is 4.53. The molecule has 114 valence electrons. The molecule has 1 fully saturated rings. The number of ether oxygens (including phenoxy) is 1. The van der Waals surface area contributed by atoms with Crippen LogP contribution in [0.1, 0.15) is 30.9 Å². The largest absolute Gasteiger partial charge is 0.489 e. The van der Waals surface area contributed by atoms with E-state index in [1.54, 1.807) is 0 Å². The first-order chi connectivity index (χ1) is 10.7. The van der Waals surface area contributed by atoms with Crippen molar-refractivity contribution >= 4 is 23.7 Å². The molecule has 0 unspecified atom stereocenters. The summed E-state index contributed by atoms with van der Waals surface area (Å²) in [7, 11) is 0. The van der Waals surface area contributed by atoms with Gasteiger partial charge in [0, 0.05) is 17.7 Å². The zero-order valence-electron chi connectivity index (χ0n) is 13.0. The molecular formula is C19H21NOS. The standard InChI is InChI=1S/C19H21NOS/c1-14(2)16-5-7-17(8-6-16)20-11-15-3-9-18(10-4-15)21-19-12-22-13-19/h3-11,14,19H,12-13H2,1-2H3. The highest BCUT2D eigenvalue weighted by Gasteiger charge is 2.19. The number of thioether (sulfide) groups is 1. The number of hydrogen-bond acceptors (Lipinski definition) is 3. The molecule has 0 aliphatic carbocycles. The molecule has 0 amide bonds. The Morgan fingerprint density at radius 1 is 1.05 bits per heavy atom. The normalized spacial score (nSPS) is 15.2. The van der Waals surface area contributed by atoms with E-state index in [4.69, 9.17) is 4.74 Å². The predicted octanol–water partition coefficient (Wildman–Crippen LogP) is 5.05. The molecule has 0 aromatic heterocycles. The van der Waals surface area contributed by atoms with Gasteiger partial charge in [0.1, 0.15) is 11.9 Å². The minimum Gasteiger partial charge on any atom is -0.489 e. The van der Waals surface area contributed by atoms with E-state index < -0.39 is 0 Å². The van der Waals surface area contributed by atoms with Crippen LogP contribution in [0.15, 0.2) is 53.5 Å². The molecule has 1 aliphatic rings. The van der Waals surface area contributed by atoms with Crippen LogP contribution in [0.4, 0.5) is 5.69 Å². The number of rotatable bonds is 5. The highest BCUT2D eigenvalue weighted by Crippen LogP contribution is 2.24. The fraction of sp³-hybridized carbons (Fsp3) is 0.316. The van der Waals surface area contributed by atoms with Gasteiger partial charge in [-0.1, -0.05) is 26.0 Å². The van der Waals surface area contributed by atoms with Crippen LogP contribution in [0, 0.1) is 0 Å². The molecule has 0 atom stereocenters. The topological polar surface area (TPSA) is 21.6 Å². The van der Waals surface area contributed by atoms with E-state index in [-0.39, 0.29) is 0 Å². The molecule has 3 heteroatoms. The molecule has 3 rings (SSSR count). The zero-order chi connectivity index (χ0) is 15.4. The van der Waals surface area contributed by atoms with E-state index in [0.29, 0.717) is 12.0 Å². The summed E-state index contributed by atoms with van der Waals surface area (Å²) in [5, 5.41) is 0. The fourth-order valence-electron chi connectivity index (χ4n) is 2.20. The van der Waals surface area contributed by atoms with Gasteiger partial charge in [0.05, 0.1) is 5.69 Å². The summed E-state index contributed by atoms with van der Waals surface area (Å²) in [5.74, 6) is 3.72. The average Bonchev–Trinajstić information content (AvgIpc) is 2.50. The van der Waals surface area contributed by atoms with E-state index in [2.05, 4.69) is 43.1 Å². The molecule has 0 N–H and O–H groups in total. The second kappa shape index (κ2) is 7.01. The number of aliphatic imine (C=N–C) groups is 1. The van der Waals surface area contributed by atoms with Crippen LogP contribution in [0.2, 0.25) is 0 Å². The summed E-state index contributed by atoms with van der Waals surface area (Å²) in [6.45, 7) is 4.40. The van der Waals surface area contributed by atoms with Crippen molar-refractivity contribution in [3.05, 3.63) is 59.7 Å². The van der Waals surface area contributed by atoms with Crippen molar-refractivity contribution in [2.24, 2.45) is 4.99 Å². The van der Waals surface area contributed by atoms with Crippen LogP contribution in [0.5, 0.6) is 5.75 Å². The summed E-state index contributed by atoms with van der Waals surface area (Å²) in [5.41, 5.74) is 3.41. The van der Waals surface area contributed by atoms with Crippen molar-refractivity contribution in [3.8, 4) is 5.75 Å². The summed E-state index contributed by atoms with van der Waals surface area (Å²) in [6.07, 6.45) is 2.29. The summed E-state index contributed by atoms with van der Waals surface area (Å²) >= 11 is 1.93. The second-order valence-electron chi connectivity index (χ2n) is 5.85. The Kier molecular flexibility index (Phi) is 4.84. The number of hydrogen-bond donors (Lipinski definition) is 0. The molecule has 0 bridgehead atoms. The smallest absolute Gasteiger partial charge is 0.119 e. The van der Waals surface area contributed by atoms with E-state index in [9.17, 15) is 0 Å². The lowest BCUT2D eigenvalue weighted by Gasteiger charge is -2.25. The fourth-order valence-corrected chi connectivity index (χ4v) is 2.77. The maximum atomic E-state index is 5.84. The van der Waals surface area contributed by atoms with E-state index in [1.165, 1.54) is 5.56 Å². The Bertz CT molecular complexity index is 627. The quantitative estimate of drug-likeness (QED) is 0.720. The third-order valence-electron chi connectivity index (χ3n) is 3.71. The SMILES string of the molecule is CC(C)c1ccc(N=Cc2ccc(OC3CSC3)cc2)cc1. The molecule has 22 heavy (non-hydrogen) atoms. The van der Waals surface area contributed by atoms with Gasteiger partial charge >= 0.3 is 0 Å². The lowest BCUT2D eigenvalue weighted by Crippen LogP contribution is -2.30. The van der Waals surface area contributed by atoms with Crippen LogP contribution in [0.3, 0.4) is 0 Å². The molecule has 1 aliphatic heterocycles. The van der Waals surface area contributed by atoms with Crippen LogP contribution in [0.25, 0.3) is 0 Å². The van der Waals surface area contributed by atoms with Gasteiger partial charge in [-0.3, -0.25) is 4.99 Å². The number of nitrogens with zero attached hydrogens (tertiary/aromatic N) is 1. The molecule has 2 aromatic rings. The Morgan fingerprint density at radius 2 is 1.73 bits per heavy atom. The van der Waals surface area contributed by atoms with Gasteiger partial charge in [0.2, 0.25) is 0 Å². The van der Waals surface area contributed by atoms with Gasteiger partial charge in [0.25, 0.3) is 0 Å². The number of benzene rings is 2. The highest BCUT2D eigenvalue weighted by atomic mass is 32.2. The van der Waals surface area contributed by atoms with Crippen LogP contribution < -0.4 is 4.74 Å². The summed E-state index contributed by atoms with van der Waals surface area (Å²) < 4.78 is 5.84. The molecular weight excluding hydrogens is 290 g/mol. The van der Waals surface area contributed by atoms with Gasteiger partial charge in [-0.15, -0.1) is 0 Å². The maximum absolute atomic E-state index is 5.84. The second-order valence-corrected chi connectivity index (χ2v) is 6.93. The van der Waals surface area contributed by atoms with Crippen LogP contribution >= 0.6 is 11.8 Å². The molecule has 2 aromatic carbocycles. The summed E-state index contributed by atoms with van der Waals surface area (Å²) in [6, 6.07) is 16.6. The monoisotopic (exact) mass is 311 g/mol. The molecule has 0 spiro atoms. The Hall–Kier alpha value is -1.74. The van der Waals surface area contributed by atoms with Crippen molar-refractivity contribution in [2.75, 3.05) is 11.5 Å². The van der Waals surface area contributed by atoms with E-state index in [0.717, 1.165) is 28.5 Å². The molecule has 0 saturated carbocycles. The van der Waals surface area contributed by atoms with Crippen LogP contribution in [-0.4, -0.2) is 23.8 Å². The first-order valence-electron chi connectivity index (χ1n) is 7.69. The third-order valence-corrected chi connectivity index (χ3v) is 4.93. The first-order valence-corrected chi connectivity index (χ1v) is 8.84. The molecule has 1 heterocycles.